The molecule has 1 N–H and O–H groups in total. The summed E-state index contributed by atoms with van der Waals surface area (Å²) in [7, 11) is 0. The number of nitro groups is 1. The van der Waals surface area contributed by atoms with Gasteiger partial charge in [-0.25, -0.2) is 0 Å². The minimum absolute atomic E-state index is 0.0400. The quantitative estimate of drug-likeness (QED) is 0.480. The number of non-ortho nitro benzene ring substituents is 1. The summed E-state index contributed by atoms with van der Waals surface area (Å²) in [6.45, 7) is 0.786. The van der Waals surface area contributed by atoms with Crippen molar-refractivity contribution in [3.63, 3.8) is 0 Å². The molecule has 1 fully saturated rings. The van der Waals surface area contributed by atoms with Crippen molar-refractivity contribution in [3.05, 3.63) is 70.4 Å². The number of aromatic nitrogens is 1. The van der Waals surface area contributed by atoms with Crippen LogP contribution in [0.2, 0.25) is 0 Å². The second-order valence-electron chi connectivity index (χ2n) is 7.35. The van der Waals surface area contributed by atoms with Gasteiger partial charge < -0.3 is 14.7 Å². The van der Waals surface area contributed by atoms with E-state index in [-0.39, 0.29) is 24.3 Å². The first kappa shape index (κ1) is 20.9. The molecular weight excluding hydrogens is 415 g/mol. The number of benzene rings is 2. The van der Waals surface area contributed by atoms with Crippen molar-refractivity contribution in [2.24, 2.45) is 0 Å². The first-order chi connectivity index (χ1) is 14.7. The van der Waals surface area contributed by atoms with Crippen LogP contribution in [-0.2, 0) is 5.60 Å². The number of halogens is 3. The topological polar surface area (TPSA) is 88.7 Å². The van der Waals surface area contributed by atoms with Crippen LogP contribution in [0.25, 0.3) is 10.9 Å². The lowest BCUT2D eigenvalue weighted by Crippen LogP contribution is -2.42. The smallest absolute Gasteiger partial charge is 0.406 e. The van der Waals surface area contributed by atoms with E-state index in [4.69, 9.17) is 0 Å². The zero-order chi connectivity index (χ0) is 22.2. The molecule has 0 spiro atoms. The van der Waals surface area contributed by atoms with Gasteiger partial charge in [0.1, 0.15) is 11.3 Å². The molecule has 2 aromatic carbocycles. The Morgan fingerprint density at radius 2 is 1.87 bits per heavy atom. The molecule has 31 heavy (non-hydrogen) atoms. The molecule has 3 aromatic rings. The zero-order valence-corrected chi connectivity index (χ0v) is 16.2. The minimum atomic E-state index is -4.81. The molecule has 162 valence electrons. The predicted molar refractivity (Wildman–Crippen MR) is 107 cm³/mol. The molecular formula is C21H18F3N3O4. The molecule has 7 nitrogen and oxygen atoms in total. The zero-order valence-electron chi connectivity index (χ0n) is 16.2. The Morgan fingerprint density at radius 1 is 1.13 bits per heavy atom. The second kappa shape index (κ2) is 7.69. The molecule has 0 atom stereocenters. The van der Waals surface area contributed by atoms with E-state index >= 15 is 0 Å². The maximum absolute atomic E-state index is 12.5. The molecule has 10 heteroatoms. The van der Waals surface area contributed by atoms with E-state index in [2.05, 4.69) is 9.72 Å². The van der Waals surface area contributed by atoms with Crippen molar-refractivity contribution in [1.29, 1.82) is 0 Å². The third-order valence-electron chi connectivity index (χ3n) is 5.46. The fraction of sp³-hybridized carbons (Fsp3) is 0.286. The first-order valence-corrected chi connectivity index (χ1v) is 9.52. The maximum Gasteiger partial charge on any atom is 0.573 e. The molecule has 1 saturated heterocycles. The highest BCUT2D eigenvalue weighted by Crippen LogP contribution is 2.39. The summed E-state index contributed by atoms with van der Waals surface area (Å²) in [5.41, 5.74) is 0.188. The molecule has 4 rings (SSSR count). The lowest BCUT2D eigenvalue weighted by molar-refractivity contribution is -0.383. The molecule has 1 aliphatic heterocycles. The van der Waals surface area contributed by atoms with Crippen LogP contribution in [0, 0.1) is 10.1 Å². The average Bonchev–Trinajstić information content (AvgIpc) is 2.72. The number of alkyl halides is 3. The van der Waals surface area contributed by atoms with Crippen LogP contribution in [0.3, 0.4) is 0 Å². The van der Waals surface area contributed by atoms with Gasteiger partial charge in [0.25, 0.3) is 5.69 Å². The number of ether oxygens (including phenoxy) is 1. The number of anilines is 1. The van der Waals surface area contributed by atoms with Crippen molar-refractivity contribution in [2.45, 2.75) is 24.8 Å². The van der Waals surface area contributed by atoms with Gasteiger partial charge in [-0.2, -0.15) is 0 Å². The van der Waals surface area contributed by atoms with E-state index in [0.717, 1.165) is 0 Å². The van der Waals surface area contributed by atoms with Crippen LogP contribution in [0.5, 0.6) is 5.75 Å². The Kier molecular flexibility index (Phi) is 5.18. The summed E-state index contributed by atoms with van der Waals surface area (Å²) in [5, 5.41) is 22.8. The van der Waals surface area contributed by atoms with E-state index in [1.165, 1.54) is 24.3 Å². The molecule has 0 amide bonds. The van der Waals surface area contributed by atoms with Crippen molar-refractivity contribution in [3.8, 4) is 5.75 Å². The number of nitrogens with zero attached hydrogens (tertiary/aromatic N) is 3. The van der Waals surface area contributed by atoms with Gasteiger partial charge in [0.05, 0.1) is 21.6 Å². The molecule has 0 aliphatic carbocycles. The van der Waals surface area contributed by atoms with Gasteiger partial charge in [0.2, 0.25) is 0 Å². The number of fused-ring (bicyclic) bond motifs is 1. The number of hydrogen-bond acceptors (Lipinski definition) is 6. The van der Waals surface area contributed by atoms with Crippen LogP contribution in [0.1, 0.15) is 18.4 Å². The van der Waals surface area contributed by atoms with Crippen molar-refractivity contribution < 1.29 is 27.9 Å². The molecule has 2 heterocycles. The fourth-order valence-electron chi connectivity index (χ4n) is 3.95. The van der Waals surface area contributed by atoms with Crippen molar-refractivity contribution in [1.82, 2.24) is 4.98 Å². The third kappa shape index (κ3) is 4.24. The molecule has 0 radical (unpaired) electrons. The van der Waals surface area contributed by atoms with Gasteiger partial charge in [-0.05, 0) is 48.7 Å². The number of piperidine rings is 1. The van der Waals surface area contributed by atoms with E-state index in [1.807, 2.05) is 4.90 Å². The van der Waals surface area contributed by atoms with E-state index in [0.29, 0.717) is 35.2 Å². The van der Waals surface area contributed by atoms with Gasteiger partial charge in [-0.15, -0.1) is 13.2 Å². The van der Waals surface area contributed by atoms with Gasteiger partial charge in [0.15, 0.2) is 0 Å². The lowest BCUT2D eigenvalue weighted by Gasteiger charge is -2.40. The van der Waals surface area contributed by atoms with Gasteiger partial charge in [0, 0.05) is 25.4 Å². The lowest BCUT2D eigenvalue weighted by atomic mass is 9.84. The van der Waals surface area contributed by atoms with Crippen molar-refractivity contribution in [2.75, 3.05) is 18.0 Å². The summed E-state index contributed by atoms with van der Waals surface area (Å²) in [4.78, 5) is 17.1. The van der Waals surface area contributed by atoms with Crippen molar-refractivity contribution >= 4 is 22.3 Å². The summed E-state index contributed by atoms with van der Waals surface area (Å²) >= 11 is 0. The Bertz CT molecular complexity index is 1130. The standard InChI is InChI=1S/C21H18F3N3O4/c22-21(23,24)31-15-4-1-3-14(13-15)20(28)8-11-26(12-9-20)18-7-6-17(27(29)30)16-5-2-10-25-19(16)18/h1-7,10,13,28H,8-9,11-12H2. The number of hydrogen-bond donors (Lipinski definition) is 1. The average molecular weight is 433 g/mol. The molecule has 0 saturated carbocycles. The Labute approximate surface area is 174 Å². The van der Waals surface area contributed by atoms with E-state index in [9.17, 15) is 28.4 Å². The van der Waals surface area contributed by atoms with Crippen LogP contribution < -0.4 is 9.64 Å². The van der Waals surface area contributed by atoms with Crippen LogP contribution in [-0.4, -0.2) is 34.5 Å². The maximum atomic E-state index is 12.5. The Hall–Kier alpha value is -3.40. The predicted octanol–water partition coefficient (Wildman–Crippen LogP) is 4.53. The van der Waals surface area contributed by atoms with Crippen LogP contribution in [0.15, 0.2) is 54.7 Å². The Morgan fingerprint density at radius 3 is 2.55 bits per heavy atom. The third-order valence-corrected chi connectivity index (χ3v) is 5.46. The monoisotopic (exact) mass is 433 g/mol. The van der Waals surface area contributed by atoms with Crippen LogP contribution in [0.4, 0.5) is 24.5 Å². The SMILES string of the molecule is O=[N+]([O-])c1ccc(N2CCC(O)(c3cccc(OC(F)(F)F)c3)CC2)c2ncccc12. The summed E-state index contributed by atoms with van der Waals surface area (Å²) < 4.78 is 41.5. The Balaban J connectivity index is 1.57. The number of pyridine rings is 1. The summed E-state index contributed by atoms with van der Waals surface area (Å²) in [6, 6.07) is 11.7. The number of aliphatic hydroxyl groups is 1. The highest BCUT2D eigenvalue weighted by atomic mass is 19.4. The minimum Gasteiger partial charge on any atom is -0.406 e. The summed E-state index contributed by atoms with van der Waals surface area (Å²) in [5.74, 6) is -0.383. The largest absolute Gasteiger partial charge is 0.573 e. The fourth-order valence-corrected chi connectivity index (χ4v) is 3.95. The van der Waals surface area contributed by atoms with E-state index < -0.39 is 16.9 Å². The van der Waals surface area contributed by atoms with Gasteiger partial charge in [-0.3, -0.25) is 15.1 Å². The highest BCUT2D eigenvalue weighted by Gasteiger charge is 2.36. The van der Waals surface area contributed by atoms with Crippen LogP contribution >= 0.6 is 0 Å². The normalized spacial score (nSPS) is 16.3. The summed E-state index contributed by atoms with van der Waals surface area (Å²) in [6.07, 6.45) is -2.74. The number of rotatable bonds is 4. The highest BCUT2D eigenvalue weighted by molar-refractivity contribution is 5.97. The molecule has 1 aliphatic rings. The van der Waals surface area contributed by atoms with Gasteiger partial charge >= 0.3 is 6.36 Å². The molecule has 0 unspecified atom stereocenters. The molecule has 0 bridgehead atoms. The van der Waals surface area contributed by atoms with E-state index in [1.54, 1.807) is 30.5 Å². The molecule has 1 aromatic heterocycles. The second-order valence-corrected chi connectivity index (χ2v) is 7.35. The first-order valence-electron chi connectivity index (χ1n) is 9.52. The number of nitro benzene ring substituents is 1. The van der Waals surface area contributed by atoms with Gasteiger partial charge in [-0.1, -0.05) is 12.1 Å².